The van der Waals surface area contributed by atoms with E-state index in [1.165, 1.54) is 20.4 Å². The molecule has 1 aromatic heterocycles. The predicted octanol–water partition coefficient (Wildman–Crippen LogP) is 2.34. The van der Waals surface area contributed by atoms with E-state index in [2.05, 4.69) is 4.98 Å². The van der Waals surface area contributed by atoms with Crippen LogP contribution in [0, 0.1) is 0 Å². The van der Waals surface area contributed by atoms with E-state index in [0.717, 1.165) is 0 Å². The number of rotatable bonds is 5. The van der Waals surface area contributed by atoms with E-state index in [9.17, 15) is 4.79 Å². The van der Waals surface area contributed by atoms with Crippen LogP contribution in [0.15, 0.2) is 36.7 Å². The molecular formula is C15H15NO4. The van der Waals surface area contributed by atoms with Crippen molar-refractivity contribution in [2.75, 3.05) is 21.3 Å². The largest absolute Gasteiger partial charge is 0.497 e. The molecule has 0 radical (unpaired) electrons. The third kappa shape index (κ3) is 2.71. The van der Waals surface area contributed by atoms with Crippen molar-refractivity contribution in [3.8, 4) is 17.2 Å². The van der Waals surface area contributed by atoms with Gasteiger partial charge in [0.15, 0.2) is 5.78 Å². The molecule has 2 aromatic rings. The van der Waals surface area contributed by atoms with Crippen LogP contribution in [0.2, 0.25) is 0 Å². The zero-order chi connectivity index (χ0) is 14.5. The van der Waals surface area contributed by atoms with E-state index < -0.39 is 0 Å². The fourth-order valence-corrected chi connectivity index (χ4v) is 1.80. The third-order valence-corrected chi connectivity index (χ3v) is 2.86. The van der Waals surface area contributed by atoms with E-state index in [1.807, 2.05) is 0 Å². The van der Waals surface area contributed by atoms with E-state index in [-0.39, 0.29) is 5.78 Å². The molecule has 104 valence electrons. The molecule has 0 unspecified atom stereocenters. The van der Waals surface area contributed by atoms with E-state index in [0.29, 0.717) is 28.4 Å². The number of carbonyl (C=O) groups excluding carboxylic acids is 1. The molecule has 0 spiro atoms. The van der Waals surface area contributed by atoms with Gasteiger partial charge in [-0.15, -0.1) is 0 Å². The number of hydrogen-bond acceptors (Lipinski definition) is 5. The van der Waals surface area contributed by atoms with Crippen LogP contribution in [0.25, 0.3) is 0 Å². The van der Waals surface area contributed by atoms with Crippen molar-refractivity contribution in [2.24, 2.45) is 0 Å². The van der Waals surface area contributed by atoms with Crippen LogP contribution >= 0.6 is 0 Å². The molecule has 1 heterocycles. The maximum atomic E-state index is 12.5. The number of ether oxygens (including phenoxy) is 3. The first-order chi connectivity index (χ1) is 9.69. The highest BCUT2D eigenvalue weighted by Crippen LogP contribution is 2.27. The lowest BCUT2D eigenvalue weighted by Gasteiger charge is -2.10. The van der Waals surface area contributed by atoms with Crippen molar-refractivity contribution in [1.29, 1.82) is 0 Å². The molecule has 0 bridgehead atoms. The van der Waals surface area contributed by atoms with Gasteiger partial charge in [0.2, 0.25) is 0 Å². The van der Waals surface area contributed by atoms with Gasteiger partial charge in [0.1, 0.15) is 17.2 Å². The molecule has 5 heteroatoms. The van der Waals surface area contributed by atoms with Crippen LogP contribution in [0.1, 0.15) is 15.9 Å². The lowest BCUT2D eigenvalue weighted by molar-refractivity contribution is 0.103. The highest BCUT2D eigenvalue weighted by atomic mass is 16.5. The molecule has 0 N–H and O–H groups in total. The van der Waals surface area contributed by atoms with Crippen molar-refractivity contribution in [1.82, 2.24) is 4.98 Å². The van der Waals surface area contributed by atoms with Gasteiger partial charge in [-0.2, -0.15) is 0 Å². The number of hydrogen-bond donors (Lipinski definition) is 0. The molecule has 0 atom stereocenters. The molecular weight excluding hydrogens is 258 g/mol. The molecule has 2 rings (SSSR count). The Morgan fingerprint density at radius 3 is 2.35 bits per heavy atom. The van der Waals surface area contributed by atoms with Gasteiger partial charge in [-0.05, 0) is 18.2 Å². The topological polar surface area (TPSA) is 57.7 Å². The van der Waals surface area contributed by atoms with Crippen LogP contribution < -0.4 is 14.2 Å². The second-order valence-corrected chi connectivity index (χ2v) is 4.01. The maximum Gasteiger partial charge on any atom is 0.198 e. The fraction of sp³-hybridized carbons (Fsp3) is 0.200. The van der Waals surface area contributed by atoms with Crippen LogP contribution in [-0.2, 0) is 0 Å². The Bertz CT molecular complexity index is 625. The molecule has 0 saturated carbocycles. The number of carbonyl (C=O) groups is 1. The lowest BCUT2D eigenvalue weighted by atomic mass is 10.0. The van der Waals surface area contributed by atoms with Gasteiger partial charge in [-0.1, -0.05) is 0 Å². The normalized spacial score (nSPS) is 9.95. The van der Waals surface area contributed by atoms with Crippen molar-refractivity contribution in [3.05, 3.63) is 47.8 Å². The van der Waals surface area contributed by atoms with Crippen molar-refractivity contribution in [3.63, 3.8) is 0 Å². The second-order valence-electron chi connectivity index (χ2n) is 4.01. The Hall–Kier alpha value is -2.56. The van der Waals surface area contributed by atoms with Crippen LogP contribution in [0.5, 0.6) is 17.2 Å². The monoisotopic (exact) mass is 273 g/mol. The highest BCUT2D eigenvalue weighted by Gasteiger charge is 2.16. The van der Waals surface area contributed by atoms with Gasteiger partial charge in [0.05, 0.1) is 33.1 Å². The summed E-state index contributed by atoms with van der Waals surface area (Å²) in [5.74, 6) is 1.43. The SMILES string of the molecule is COc1cncc(C(=O)c2ccc(OC)cc2OC)c1. The summed E-state index contributed by atoms with van der Waals surface area (Å²) in [5.41, 5.74) is 0.885. The minimum atomic E-state index is -0.184. The quantitative estimate of drug-likeness (QED) is 0.783. The minimum absolute atomic E-state index is 0.184. The van der Waals surface area contributed by atoms with E-state index in [4.69, 9.17) is 14.2 Å². The fourth-order valence-electron chi connectivity index (χ4n) is 1.80. The molecule has 0 fully saturated rings. The average Bonchev–Trinajstić information content (AvgIpc) is 2.53. The van der Waals surface area contributed by atoms with E-state index >= 15 is 0 Å². The minimum Gasteiger partial charge on any atom is -0.497 e. The Morgan fingerprint density at radius 1 is 0.950 bits per heavy atom. The summed E-state index contributed by atoms with van der Waals surface area (Å²) in [4.78, 5) is 16.5. The number of nitrogens with zero attached hydrogens (tertiary/aromatic N) is 1. The average molecular weight is 273 g/mol. The van der Waals surface area contributed by atoms with Gasteiger partial charge in [0, 0.05) is 17.8 Å². The van der Waals surface area contributed by atoms with Crippen LogP contribution in [0.3, 0.4) is 0 Å². The van der Waals surface area contributed by atoms with Crippen molar-refractivity contribution >= 4 is 5.78 Å². The Labute approximate surface area is 117 Å². The summed E-state index contributed by atoms with van der Waals surface area (Å²) in [6.45, 7) is 0. The zero-order valence-corrected chi connectivity index (χ0v) is 11.5. The van der Waals surface area contributed by atoms with Gasteiger partial charge in [-0.3, -0.25) is 9.78 Å². The summed E-state index contributed by atoms with van der Waals surface area (Å²) in [6.07, 6.45) is 3.04. The number of methoxy groups -OCH3 is 3. The van der Waals surface area contributed by atoms with Crippen LogP contribution in [-0.4, -0.2) is 32.1 Å². The first kappa shape index (κ1) is 13.9. The molecule has 1 aromatic carbocycles. The molecule has 0 amide bonds. The predicted molar refractivity (Wildman–Crippen MR) is 73.8 cm³/mol. The second kappa shape index (κ2) is 6.06. The van der Waals surface area contributed by atoms with Gasteiger partial charge in [0.25, 0.3) is 0 Å². The van der Waals surface area contributed by atoms with Gasteiger partial charge in [-0.25, -0.2) is 0 Å². The van der Waals surface area contributed by atoms with E-state index in [1.54, 1.807) is 37.6 Å². The Morgan fingerprint density at radius 2 is 1.70 bits per heavy atom. The first-order valence-corrected chi connectivity index (χ1v) is 5.95. The Balaban J connectivity index is 2.42. The smallest absolute Gasteiger partial charge is 0.198 e. The summed E-state index contributed by atoms with van der Waals surface area (Å²) < 4.78 is 15.4. The Kier molecular flexibility index (Phi) is 4.20. The number of benzene rings is 1. The number of aromatic nitrogens is 1. The summed E-state index contributed by atoms with van der Waals surface area (Å²) >= 11 is 0. The highest BCUT2D eigenvalue weighted by molar-refractivity contribution is 6.10. The molecule has 0 aliphatic rings. The summed E-state index contributed by atoms with van der Waals surface area (Å²) in [7, 11) is 4.59. The van der Waals surface area contributed by atoms with Crippen molar-refractivity contribution in [2.45, 2.75) is 0 Å². The number of pyridine rings is 1. The molecule has 20 heavy (non-hydrogen) atoms. The summed E-state index contributed by atoms with van der Waals surface area (Å²) in [6, 6.07) is 6.68. The zero-order valence-electron chi connectivity index (χ0n) is 11.5. The standard InChI is InChI=1S/C15H15NO4/c1-18-11-4-5-13(14(7-11)20-3)15(17)10-6-12(19-2)9-16-8-10/h4-9H,1-3H3. The number of ketones is 1. The molecule has 0 aliphatic heterocycles. The molecule has 0 aliphatic carbocycles. The molecule has 0 saturated heterocycles. The third-order valence-electron chi connectivity index (χ3n) is 2.86. The first-order valence-electron chi connectivity index (χ1n) is 5.95. The van der Waals surface area contributed by atoms with Gasteiger partial charge < -0.3 is 14.2 Å². The van der Waals surface area contributed by atoms with Crippen LogP contribution in [0.4, 0.5) is 0 Å². The maximum absolute atomic E-state index is 12.5. The molecule has 5 nitrogen and oxygen atoms in total. The summed E-state index contributed by atoms with van der Waals surface area (Å²) in [5, 5.41) is 0. The lowest BCUT2D eigenvalue weighted by Crippen LogP contribution is -2.05. The van der Waals surface area contributed by atoms with Crippen molar-refractivity contribution < 1.29 is 19.0 Å². The van der Waals surface area contributed by atoms with Gasteiger partial charge >= 0.3 is 0 Å².